The van der Waals surface area contributed by atoms with Gasteiger partial charge in [-0.2, -0.15) is 5.26 Å². The second-order valence-electron chi connectivity index (χ2n) is 9.31. The van der Waals surface area contributed by atoms with Crippen molar-refractivity contribution in [2.75, 3.05) is 7.11 Å². The maximum Gasteiger partial charge on any atom is 0.411 e. The molecule has 0 radical (unpaired) electrons. The number of nitrogens with zero attached hydrogens (tertiary/aromatic N) is 2. The molecule has 1 N–H and O–H groups in total. The molecule has 4 atom stereocenters. The molecule has 1 aromatic carbocycles. The summed E-state index contributed by atoms with van der Waals surface area (Å²) in [5.74, 6) is -0.170. The predicted molar refractivity (Wildman–Crippen MR) is 119 cm³/mol. The van der Waals surface area contributed by atoms with Crippen LogP contribution in [-0.2, 0) is 27.3 Å². The molecule has 2 bridgehead atoms. The molecule has 1 saturated carbocycles. The van der Waals surface area contributed by atoms with E-state index < -0.39 is 23.8 Å². The van der Waals surface area contributed by atoms with Crippen molar-refractivity contribution in [3.05, 3.63) is 33.8 Å². The molecule has 31 heavy (non-hydrogen) atoms. The first-order chi connectivity index (χ1) is 14.6. The topological polar surface area (TPSA) is 91.7 Å². The van der Waals surface area contributed by atoms with Crippen LogP contribution in [0.4, 0.5) is 4.79 Å². The molecule has 1 aliphatic heterocycles. The van der Waals surface area contributed by atoms with Gasteiger partial charge in [-0.1, -0.05) is 28.1 Å². The van der Waals surface area contributed by atoms with Crippen molar-refractivity contribution in [3.8, 4) is 6.07 Å². The van der Waals surface area contributed by atoms with E-state index in [0.29, 0.717) is 13.0 Å². The van der Waals surface area contributed by atoms with Gasteiger partial charge in [-0.15, -0.1) is 0 Å². The third kappa shape index (κ3) is 5.58. The van der Waals surface area contributed by atoms with Crippen molar-refractivity contribution in [2.45, 2.75) is 76.8 Å². The molecule has 1 heterocycles. The number of carbonyl (C=O) groups excluding carboxylic acids is 2. The van der Waals surface area contributed by atoms with Gasteiger partial charge in [-0.25, -0.2) is 4.79 Å². The standard InChI is InChI=1S/C23H30BrN3O4/c1-23(2,3)31-22(29)27-18-7-6-15(11-18)20(27)21(28)26-17(12-25)10-14-5-8-19(24)16(9-14)13-30-4/h5,8-9,15,17-18,20H,6-7,10-11,13H2,1-4H3,(H,26,28). The summed E-state index contributed by atoms with van der Waals surface area (Å²) in [7, 11) is 1.63. The molecule has 2 fully saturated rings. The van der Waals surface area contributed by atoms with Crippen molar-refractivity contribution in [3.63, 3.8) is 0 Å². The Morgan fingerprint density at radius 1 is 1.35 bits per heavy atom. The summed E-state index contributed by atoms with van der Waals surface area (Å²) >= 11 is 3.50. The fourth-order valence-electron chi connectivity index (χ4n) is 4.55. The Morgan fingerprint density at radius 2 is 2.10 bits per heavy atom. The number of likely N-dealkylation sites (tertiary alicyclic amines) is 1. The van der Waals surface area contributed by atoms with Gasteiger partial charge in [0.15, 0.2) is 0 Å². The smallest absolute Gasteiger partial charge is 0.411 e. The van der Waals surface area contributed by atoms with Gasteiger partial charge in [0.05, 0.1) is 12.7 Å². The number of hydrogen-bond acceptors (Lipinski definition) is 5. The minimum Gasteiger partial charge on any atom is -0.444 e. The Kier molecular flexibility index (Phi) is 7.28. The lowest BCUT2D eigenvalue weighted by molar-refractivity contribution is -0.128. The van der Waals surface area contributed by atoms with E-state index in [1.807, 2.05) is 39.0 Å². The maximum absolute atomic E-state index is 13.2. The highest BCUT2D eigenvalue weighted by atomic mass is 79.9. The summed E-state index contributed by atoms with van der Waals surface area (Å²) in [6, 6.07) is 6.74. The largest absolute Gasteiger partial charge is 0.444 e. The van der Waals surface area contributed by atoms with E-state index in [0.717, 1.165) is 34.9 Å². The quantitative estimate of drug-likeness (QED) is 0.650. The van der Waals surface area contributed by atoms with Crippen LogP contribution in [0.25, 0.3) is 0 Å². The van der Waals surface area contributed by atoms with E-state index in [1.165, 1.54) is 0 Å². The normalized spacial score (nSPS) is 23.4. The van der Waals surface area contributed by atoms with Crippen LogP contribution in [0.5, 0.6) is 0 Å². The van der Waals surface area contributed by atoms with E-state index in [9.17, 15) is 14.9 Å². The van der Waals surface area contributed by atoms with Gasteiger partial charge in [0.2, 0.25) is 5.91 Å². The molecule has 0 aromatic heterocycles. The first kappa shape index (κ1) is 23.6. The van der Waals surface area contributed by atoms with Gasteiger partial charge in [0.1, 0.15) is 17.7 Å². The highest BCUT2D eigenvalue weighted by molar-refractivity contribution is 9.10. The molecular formula is C23H30BrN3O4. The molecule has 1 aliphatic carbocycles. The monoisotopic (exact) mass is 491 g/mol. The lowest BCUT2D eigenvalue weighted by Crippen LogP contribution is -2.55. The van der Waals surface area contributed by atoms with Crippen molar-refractivity contribution < 1.29 is 19.1 Å². The number of methoxy groups -OCH3 is 1. The Labute approximate surface area is 192 Å². The number of piperidine rings is 1. The minimum absolute atomic E-state index is 0.0270. The molecule has 2 amide bonds. The van der Waals surface area contributed by atoms with E-state index in [-0.39, 0.29) is 17.9 Å². The van der Waals surface area contributed by atoms with Crippen molar-refractivity contribution in [1.82, 2.24) is 10.2 Å². The van der Waals surface area contributed by atoms with E-state index in [2.05, 4.69) is 27.3 Å². The molecule has 8 heteroatoms. The Bertz CT molecular complexity index is 877. The zero-order valence-electron chi connectivity index (χ0n) is 18.5. The van der Waals surface area contributed by atoms with Crippen molar-refractivity contribution in [2.24, 2.45) is 5.92 Å². The number of carbonyl (C=O) groups is 2. The number of fused-ring (bicyclic) bond motifs is 2. The number of rotatable bonds is 6. The molecular weight excluding hydrogens is 462 g/mol. The number of amides is 2. The molecule has 2 aliphatic rings. The second-order valence-corrected chi connectivity index (χ2v) is 10.2. The minimum atomic E-state index is -0.691. The number of ether oxygens (including phenoxy) is 2. The van der Waals surface area contributed by atoms with Crippen LogP contribution in [-0.4, -0.2) is 47.7 Å². The van der Waals surface area contributed by atoms with Gasteiger partial charge >= 0.3 is 6.09 Å². The summed E-state index contributed by atoms with van der Waals surface area (Å²) in [5, 5.41) is 12.5. The maximum atomic E-state index is 13.2. The molecule has 168 valence electrons. The van der Waals surface area contributed by atoms with E-state index in [1.54, 1.807) is 12.0 Å². The number of nitrogens with one attached hydrogen (secondary N) is 1. The van der Waals surface area contributed by atoms with Gasteiger partial charge in [0.25, 0.3) is 0 Å². The van der Waals surface area contributed by atoms with Crippen LogP contribution in [0.15, 0.2) is 22.7 Å². The van der Waals surface area contributed by atoms with Crippen LogP contribution in [0, 0.1) is 17.2 Å². The molecule has 3 rings (SSSR count). The molecule has 0 spiro atoms. The Hall–Kier alpha value is -2.11. The lowest BCUT2D eigenvalue weighted by atomic mass is 9.97. The number of halogens is 1. The highest BCUT2D eigenvalue weighted by Gasteiger charge is 2.52. The average Bonchev–Trinajstić information content (AvgIpc) is 3.30. The number of benzene rings is 1. The van der Waals surface area contributed by atoms with Gasteiger partial charge < -0.3 is 14.8 Å². The third-order valence-electron chi connectivity index (χ3n) is 5.78. The zero-order chi connectivity index (χ0) is 22.8. The second kappa shape index (κ2) is 9.58. The van der Waals surface area contributed by atoms with Crippen LogP contribution in [0.3, 0.4) is 0 Å². The van der Waals surface area contributed by atoms with Crippen LogP contribution < -0.4 is 5.32 Å². The summed E-state index contributed by atoms with van der Waals surface area (Å²) in [4.78, 5) is 27.5. The lowest BCUT2D eigenvalue weighted by Gasteiger charge is -2.35. The average molecular weight is 492 g/mol. The summed E-state index contributed by atoms with van der Waals surface area (Å²) < 4.78 is 11.7. The molecule has 4 unspecified atom stereocenters. The molecule has 7 nitrogen and oxygen atoms in total. The molecule has 1 aromatic rings. The first-order valence-corrected chi connectivity index (χ1v) is 11.4. The van der Waals surface area contributed by atoms with E-state index in [4.69, 9.17) is 9.47 Å². The van der Waals surface area contributed by atoms with Crippen LogP contribution in [0.1, 0.15) is 51.2 Å². The van der Waals surface area contributed by atoms with E-state index >= 15 is 0 Å². The fraction of sp³-hybridized carbons (Fsp3) is 0.609. The Morgan fingerprint density at radius 3 is 2.74 bits per heavy atom. The SMILES string of the molecule is COCc1cc(CC(C#N)NC(=O)C2C3CCC(C3)N2C(=O)OC(C)(C)C)ccc1Br. The Balaban J connectivity index is 1.70. The molecule has 1 saturated heterocycles. The fourth-order valence-corrected chi connectivity index (χ4v) is 4.91. The van der Waals surface area contributed by atoms with Gasteiger partial charge in [-0.05, 0) is 63.1 Å². The summed E-state index contributed by atoms with van der Waals surface area (Å²) in [6.07, 6.45) is 2.52. The first-order valence-electron chi connectivity index (χ1n) is 10.6. The van der Waals surface area contributed by atoms with Crippen molar-refractivity contribution >= 4 is 27.9 Å². The zero-order valence-corrected chi connectivity index (χ0v) is 20.1. The van der Waals surface area contributed by atoms with Gasteiger partial charge in [0, 0.05) is 24.0 Å². The van der Waals surface area contributed by atoms with Crippen LogP contribution in [0.2, 0.25) is 0 Å². The predicted octanol–water partition coefficient (Wildman–Crippen LogP) is 3.93. The van der Waals surface area contributed by atoms with Crippen molar-refractivity contribution in [1.29, 1.82) is 5.26 Å². The number of hydrogen-bond donors (Lipinski definition) is 1. The number of nitriles is 1. The highest BCUT2D eigenvalue weighted by Crippen LogP contribution is 2.43. The third-order valence-corrected chi connectivity index (χ3v) is 6.55. The summed E-state index contributed by atoms with van der Waals surface area (Å²) in [5.41, 5.74) is 1.28. The van der Waals surface area contributed by atoms with Crippen LogP contribution >= 0.6 is 15.9 Å². The summed E-state index contributed by atoms with van der Waals surface area (Å²) in [6.45, 7) is 5.90. The van der Waals surface area contributed by atoms with Gasteiger partial charge in [-0.3, -0.25) is 9.69 Å².